The van der Waals surface area contributed by atoms with Crippen molar-refractivity contribution in [2.24, 2.45) is 9.98 Å². The van der Waals surface area contributed by atoms with E-state index in [0.29, 0.717) is 48.4 Å². The number of carbonyl (C=O) groups excluding carboxylic acids is 3. The van der Waals surface area contributed by atoms with E-state index in [2.05, 4.69) is 32.3 Å². The SMILES string of the molecule is O=C(CSC1=Nc2ccccc2C2=N[C@H](CC(=O)N3CCN(c4ccccc4)CC3)C(=O)N12)Nc1ccccc1F. The van der Waals surface area contributed by atoms with Gasteiger partial charge in [-0.15, -0.1) is 0 Å². The number of fused-ring (bicyclic) bond motifs is 3. The zero-order chi connectivity index (χ0) is 28.3. The van der Waals surface area contributed by atoms with E-state index in [4.69, 9.17) is 0 Å². The summed E-state index contributed by atoms with van der Waals surface area (Å²) in [5, 5.41) is 2.84. The highest BCUT2D eigenvalue weighted by atomic mass is 32.2. The monoisotopic (exact) mass is 570 g/mol. The van der Waals surface area contributed by atoms with Crippen molar-refractivity contribution in [1.29, 1.82) is 0 Å². The van der Waals surface area contributed by atoms with Gasteiger partial charge in [0.15, 0.2) is 5.17 Å². The van der Waals surface area contributed by atoms with Crippen LogP contribution in [0.2, 0.25) is 0 Å². The molecule has 3 aliphatic heterocycles. The Morgan fingerprint density at radius 2 is 1.63 bits per heavy atom. The van der Waals surface area contributed by atoms with Crippen LogP contribution in [0, 0.1) is 5.82 Å². The highest BCUT2D eigenvalue weighted by Crippen LogP contribution is 2.34. The summed E-state index contributed by atoms with van der Waals surface area (Å²) in [7, 11) is 0. The summed E-state index contributed by atoms with van der Waals surface area (Å²) < 4.78 is 14.0. The van der Waals surface area contributed by atoms with Gasteiger partial charge in [-0.05, 0) is 36.4 Å². The second-order valence-electron chi connectivity index (χ2n) is 9.78. The number of anilines is 2. The van der Waals surface area contributed by atoms with Crippen LogP contribution >= 0.6 is 11.8 Å². The second kappa shape index (κ2) is 11.5. The predicted molar refractivity (Wildman–Crippen MR) is 158 cm³/mol. The molecule has 9 nitrogen and oxygen atoms in total. The van der Waals surface area contributed by atoms with Crippen LogP contribution < -0.4 is 10.2 Å². The maximum absolute atomic E-state index is 14.0. The lowest BCUT2D eigenvalue weighted by Gasteiger charge is -2.36. The third-order valence-corrected chi connectivity index (χ3v) is 8.09. The topological polar surface area (TPSA) is 97.7 Å². The molecule has 0 aromatic heterocycles. The number of rotatable bonds is 6. The predicted octanol–water partition coefficient (Wildman–Crippen LogP) is 3.90. The average molecular weight is 571 g/mol. The molecule has 1 saturated heterocycles. The number of para-hydroxylation sites is 3. The molecular weight excluding hydrogens is 543 g/mol. The van der Waals surface area contributed by atoms with Gasteiger partial charge in [0.25, 0.3) is 5.91 Å². The Bertz CT molecular complexity index is 1550. The fourth-order valence-corrected chi connectivity index (χ4v) is 5.86. The average Bonchev–Trinajstić information content (AvgIpc) is 3.33. The number of amides is 3. The smallest absolute Gasteiger partial charge is 0.259 e. The lowest BCUT2D eigenvalue weighted by atomic mass is 10.1. The molecule has 0 bridgehead atoms. The summed E-state index contributed by atoms with van der Waals surface area (Å²) in [4.78, 5) is 54.1. The van der Waals surface area contributed by atoms with Crippen molar-refractivity contribution in [3.63, 3.8) is 0 Å². The van der Waals surface area contributed by atoms with Gasteiger partial charge in [0.1, 0.15) is 17.7 Å². The van der Waals surface area contributed by atoms with Gasteiger partial charge >= 0.3 is 0 Å². The molecule has 1 atom stereocenters. The van der Waals surface area contributed by atoms with E-state index < -0.39 is 17.8 Å². The van der Waals surface area contributed by atoms with E-state index in [1.165, 1.54) is 17.0 Å². The number of piperazine rings is 1. The van der Waals surface area contributed by atoms with Gasteiger partial charge in [-0.25, -0.2) is 14.3 Å². The van der Waals surface area contributed by atoms with Crippen molar-refractivity contribution < 1.29 is 18.8 Å². The highest BCUT2D eigenvalue weighted by molar-refractivity contribution is 8.14. The van der Waals surface area contributed by atoms with Gasteiger partial charge in [-0.2, -0.15) is 0 Å². The minimum absolute atomic E-state index is 0.0436. The molecular formula is C30H27FN6O3S. The first-order valence-corrected chi connectivity index (χ1v) is 14.3. The molecule has 0 spiro atoms. The molecule has 3 aromatic carbocycles. The third-order valence-electron chi connectivity index (χ3n) is 7.15. The summed E-state index contributed by atoms with van der Waals surface area (Å²) in [5.41, 5.74) is 2.51. The van der Waals surface area contributed by atoms with Crippen molar-refractivity contribution in [2.75, 3.05) is 42.1 Å². The number of nitrogens with one attached hydrogen (secondary N) is 1. The number of hydrogen-bond donors (Lipinski definition) is 1. The molecule has 0 saturated carbocycles. The van der Waals surface area contributed by atoms with Crippen LogP contribution in [0.25, 0.3) is 0 Å². The van der Waals surface area contributed by atoms with E-state index in [0.717, 1.165) is 17.4 Å². The molecule has 1 N–H and O–H groups in total. The summed E-state index contributed by atoms with van der Waals surface area (Å²) in [6.07, 6.45) is -0.0436. The number of thioether (sulfide) groups is 1. The fourth-order valence-electron chi connectivity index (χ4n) is 5.06. The maximum Gasteiger partial charge on any atom is 0.259 e. The Hall–Kier alpha value is -4.51. The molecule has 3 heterocycles. The number of carbonyl (C=O) groups is 3. The van der Waals surface area contributed by atoms with Gasteiger partial charge in [0.05, 0.1) is 23.5 Å². The molecule has 3 aromatic rings. The first-order valence-electron chi connectivity index (χ1n) is 13.3. The number of benzene rings is 3. The first-order chi connectivity index (χ1) is 20.0. The van der Waals surface area contributed by atoms with Crippen molar-refractivity contribution in [3.8, 4) is 0 Å². The summed E-state index contributed by atoms with van der Waals surface area (Å²) in [6, 6.07) is 22.4. The fraction of sp³-hybridized carbons (Fsp3) is 0.233. The Labute approximate surface area is 240 Å². The van der Waals surface area contributed by atoms with Crippen LogP contribution in [0.15, 0.2) is 88.8 Å². The van der Waals surface area contributed by atoms with Crippen LogP contribution in [-0.4, -0.2) is 76.5 Å². The molecule has 208 valence electrons. The molecule has 41 heavy (non-hydrogen) atoms. The van der Waals surface area contributed by atoms with Crippen LogP contribution in [0.1, 0.15) is 12.0 Å². The quantitative estimate of drug-likeness (QED) is 0.485. The minimum atomic E-state index is -0.881. The van der Waals surface area contributed by atoms with Crippen molar-refractivity contribution >= 4 is 57.5 Å². The Morgan fingerprint density at radius 1 is 0.927 bits per heavy atom. The van der Waals surface area contributed by atoms with E-state index in [1.54, 1.807) is 17.0 Å². The Kier molecular flexibility index (Phi) is 7.51. The van der Waals surface area contributed by atoms with Crippen LogP contribution in [0.3, 0.4) is 0 Å². The third kappa shape index (κ3) is 5.58. The van der Waals surface area contributed by atoms with Gasteiger partial charge in [0, 0.05) is 37.4 Å². The van der Waals surface area contributed by atoms with Gasteiger partial charge in [-0.3, -0.25) is 19.4 Å². The van der Waals surface area contributed by atoms with Crippen LogP contribution in [-0.2, 0) is 14.4 Å². The second-order valence-corrected chi connectivity index (χ2v) is 10.7. The first kappa shape index (κ1) is 26.7. The van der Waals surface area contributed by atoms with Crippen LogP contribution in [0.4, 0.5) is 21.5 Å². The van der Waals surface area contributed by atoms with Crippen molar-refractivity contribution in [3.05, 3.63) is 90.2 Å². The van der Waals surface area contributed by atoms with E-state index in [9.17, 15) is 18.8 Å². The summed E-state index contributed by atoms with van der Waals surface area (Å²) in [5.74, 6) is -1.12. The zero-order valence-corrected chi connectivity index (χ0v) is 22.9. The molecule has 1 fully saturated rings. The lowest BCUT2D eigenvalue weighted by molar-refractivity contribution is -0.135. The molecule has 3 amide bonds. The lowest BCUT2D eigenvalue weighted by Crippen LogP contribution is -2.49. The van der Waals surface area contributed by atoms with Crippen molar-refractivity contribution in [2.45, 2.75) is 12.5 Å². The minimum Gasteiger partial charge on any atom is -0.368 e. The normalized spacial score (nSPS) is 17.9. The number of amidine groups is 2. The maximum atomic E-state index is 14.0. The van der Waals surface area contributed by atoms with E-state index in [-0.39, 0.29) is 29.7 Å². The number of aliphatic imine (C=N–C) groups is 2. The Morgan fingerprint density at radius 3 is 2.41 bits per heavy atom. The molecule has 11 heteroatoms. The van der Waals surface area contributed by atoms with Crippen LogP contribution in [0.5, 0.6) is 0 Å². The molecule has 0 unspecified atom stereocenters. The molecule has 6 rings (SSSR count). The molecule has 0 aliphatic carbocycles. The van der Waals surface area contributed by atoms with Gasteiger partial charge in [0.2, 0.25) is 11.8 Å². The number of hydrogen-bond acceptors (Lipinski definition) is 7. The van der Waals surface area contributed by atoms with Gasteiger partial charge in [-0.1, -0.05) is 54.2 Å². The number of halogens is 1. The molecule has 0 radical (unpaired) electrons. The van der Waals surface area contributed by atoms with E-state index >= 15 is 0 Å². The zero-order valence-electron chi connectivity index (χ0n) is 22.1. The van der Waals surface area contributed by atoms with Crippen molar-refractivity contribution in [1.82, 2.24) is 9.80 Å². The Balaban J connectivity index is 1.13. The summed E-state index contributed by atoms with van der Waals surface area (Å²) in [6.45, 7) is 2.56. The number of nitrogens with zero attached hydrogens (tertiary/aromatic N) is 5. The van der Waals surface area contributed by atoms with E-state index in [1.807, 2.05) is 42.5 Å². The summed E-state index contributed by atoms with van der Waals surface area (Å²) >= 11 is 1.06. The highest BCUT2D eigenvalue weighted by Gasteiger charge is 2.42. The standard InChI is InChI=1S/C30H27FN6O3S/c31-22-11-5-7-13-24(22)32-26(38)19-41-30-34-23-12-6-4-10-21(23)28-33-25(29(40)37(28)30)18-27(39)36-16-14-35(15-17-36)20-8-2-1-3-9-20/h1-13,25H,14-19H2,(H,32,38)/t25-/m1/s1. The largest absolute Gasteiger partial charge is 0.368 e. The molecule has 3 aliphatic rings. The van der Waals surface area contributed by atoms with Gasteiger partial charge < -0.3 is 15.1 Å².